The van der Waals surface area contributed by atoms with Crippen LogP contribution in [-0.2, 0) is 33.6 Å². The number of hydrogen-bond acceptors (Lipinski definition) is 8. The fraction of sp³-hybridized carbons (Fsp3) is 0.788. The number of carboxylic acid groups (broad SMARTS) is 1. The Kier molecular flexibility index (Phi) is 9.96. The van der Waals surface area contributed by atoms with E-state index in [0.29, 0.717) is 116 Å². The molecule has 0 aromatic rings. The number of rotatable bonds is 7. The summed E-state index contributed by atoms with van der Waals surface area (Å²) in [6, 6.07) is -5.22. The fourth-order valence-corrected chi connectivity index (χ4v) is 8.94. The number of nitrogens with two attached hydrogens (primary N) is 1. The van der Waals surface area contributed by atoms with E-state index in [2.05, 4.69) is 0 Å². The highest BCUT2D eigenvalue weighted by molar-refractivity contribution is 5.98. The minimum atomic E-state index is -1.04. The molecule has 6 fully saturated rings. The Balaban J connectivity index is 1.13. The van der Waals surface area contributed by atoms with Crippen LogP contribution in [0.1, 0.15) is 84.0 Å². The van der Waals surface area contributed by atoms with E-state index in [1.807, 2.05) is 0 Å². The molecular formula is C33H49N7O8. The molecule has 0 saturated carbocycles. The lowest BCUT2D eigenvalue weighted by Gasteiger charge is -2.36. The first-order valence-corrected chi connectivity index (χ1v) is 17.8. The van der Waals surface area contributed by atoms with Crippen molar-refractivity contribution < 1.29 is 38.7 Å². The van der Waals surface area contributed by atoms with E-state index in [1.165, 1.54) is 14.7 Å². The minimum absolute atomic E-state index is 0.247. The monoisotopic (exact) mass is 671 g/mol. The number of carboxylic acids is 1. The van der Waals surface area contributed by atoms with Gasteiger partial charge in [-0.2, -0.15) is 0 Å². The topological polar surface area (TPSA) is 185 Å². The lowest BCUT2D eigenvalue weighted by atomic mass is 10.1. The first kappa shape index (κ1) is 34.1. The van der Waals surface area contributed by atoms with Crippen molar-refractivity contribution in [3.05, 3.63) is 0 Å². The molecule has 6 rings (SSSR count). The first-order chi connectivity index (χ1) is 23.0. The molecule has 48 heavy (non-hydrogen) atoms. The van der Waals surface area contributed by atoms with Crippen molar-refractivity contribution in [2.45, 2.75) is 126 Å². The Labute approximate surface area is 280 Å². The van der Waals surface area contributed by atoms with Gasteiger partial charge in [0.1, 0.15) is 36.3 Å². The summed E-state index contributed by atoms with van der Waals surface area (Å²) in [6.07, 6.45) is 6.54. The van der Waals surface area contributed by atoms with Crippen molar-refractivity contribution in [3.63, 3.8) is 0 Å². The number of likely N-dealkylation sites (tertiary alicyclic amines) is 6. The van der Waals surface area contributed by atoms with Crippen LogP contribution in [0, 0.1) is 0 Å². The summed E-state index contributed by atoms with van der Waals surface area (Å²) in [7, 11) is 0. The highest BCUT2D eigenvalue weighted by atomic mass is 16.4. The first-order valence-electron chi connectivity index (χ1n) is 17.8. The second-order valence-corrected chi connectivity index (χ2v) is 14.3. The highest BCUT2D eigenvalue weighted by Gasteiger charge is 2.50. The molecule has 0 spiro atoms. The highest BCUT2D eigenvalue weighted by Crippen LogP contribution is 2.32. The maximum absolute atomic E-state index is 14.1. The van der Waals surface area contributed by atoms with E-state index < -0.39 is 48.3 Å². The molecule has 6 amide bonds. The molecule has 6 saturated heterocycles. The summed E-state index contributed by atoms with van der Waals surface area (Å²) in [6.45, 7) is 3.92. The number of carbonyl (C=O) groups excluding carboxylic acids is 6. The van der Waals surface area contributed by atoms with Crippen LogP contribution in [0.3, 0.4) is 0 Å². The van der Waals surface area contributed by atoms with Crippen LogP contribution < -0.4 is 5.73 Å². The van der Waals surface area contributed by atoms with Crippen LogP contribution >= 0.6 is 0 Å². The summed E-state index contributed by atoms with van der Waals surface area (Å²) < 4.78 is 0. The van der Waals surface area contributed by atoms with Crippen molar-refractivity contribution >= 4 is 41.4 Å². The molecule has 0 aromatic heterocycles. The van der Waals surface area contributed by atoms with Crippen molar-refractivity contribution in [2.75, 3.05) is 39.3 Å². The fourth-order valence-electron chi connectivity index (χ4n) is 8.94. The number of amides is 6. The SMILES string of the molecule is CC(N)C(=O)N1CCCC1C(=O)N1CCCC1C(=O)N1CCCC1C(=O)N1CCCC1C(=O)N1CCCC1C(=O)N1CCCC1C(=O)O. The van der Waals surface area contributed by atoms with E-state index in [-0.39, 0.29) is 35.4 Å². The zero-order chi connectivity index (χ0) is 34.3. The van der Waals surface area contributed by atoms with Crippen molar-refractivity contribution in [2.24, 2.45) is 5.73 Å². The van der Waals surface area contributed by atoms with E-state index in [9.17, 15) is 38.7 Å². The average Bonchev–Trinajstić information content (AvgIpc) is 3.92. The number of carbonyl (C=O) groups is 7. The largest absolute Gasteiger partial charge is 0.480 e. The van der Waals surface area contributed by atoms with Gasteiger partial charge in [0.15, 0.2) is 0 Å². The quantitative estimate of drug-likeness (QED) is 0.356. The van der Waals surface area contributed by atoms with Crippen LogP contribution in [0.2, 0.25) is 0 Å². The summed E-state index contributed by atoms with van der Waals surface area (Å²) >= 11 is 0. The summed E-state index contributed by atoms with van der Waals surface area (Å²) in [5.74, 6) is -2.76. The molecule has 6 aliphatic rings. The van der Waals surface area contributed by atoms with E-state index >= 15 is 0 Å². The Morgan fingerprint density at radius 2 is 0.688 bits per heavy atom. The third-order valence-electron chi connectivity index (χ3n) is 11.3. The third-order valence-corrected chi connectivity index (χ3v) is 11.3. The standard InChI is InChI=1S/C33H49N7O8/c1-20(34)27(41)35-14-2-8-21(35)28(42)36-15-3-9-22(36)29(43)37-16-4-10-23(37)30(44)38-17-5-11-24(38)31(45)39-18-6-12-25(39)32(46)40-19-7-13-26(40)33(47)48/h20-26H,2-19,34H2,1H3,(H,47,48). The van der Waals surface area contributed by atoms with E-state index in [1.54, 1.807) is 21.6 Å². The Hall–Kier alpha value is -3.75. The molecule has 6 heterocycles. The number of nitrogens with zero attached hydrogens (tertiary/aromatic N) is 6. The van der Waals surface area contributed by atoms with Gasteiger partial charge in [0.25, 0.3) is 0 Å². The molecule has 15 nitrogen and oxygen atoms in total. The second kappa shape index (κ2) is 14.0. The van der Waals surface area contributed by atoms with Crippen molar-refractivity contribution in [3.8, 4) is 0 Å². The second-order valence-electron chi connectivity index (χ2n) is 14.3. The molecule has 7 unspecified atom stereocenters. The van der Waals surface area contributed by atoms with Gasteiger partial charge in [-0.3, -0.25) is 28.8 Å². The van der Waals surface area contributed by atoms with E-state index in [4.69, 9.17) is 5.73 Å². The van der Waals surface area contributed by atoms with Crippen LogP contribution in [0.4, 0.5) is 0 Å². The number of hydrogen-bond donors (Lipinski definition) is 2. The average molecular weight is 672 g/mol. The molecule has 264 valence electrons. The Morgan fingerprint density at radius 3 is 0.958 bits per heavy atom. The maximum Gasteiger partial charge on any atom is 0.326 e. The lowest BCUT2D eigenvalue weighted by Crippen LogP contribution is -2.58. The van der Waals surface area contributed by atoms with Crippen molar-refractivity contribution in [1.29, 1.82) is 0 Å². The molecule has 6 aliphatic heterocycles. The molecule has 0 radical (unpaired) electrons. The van der Waals surface area contributed by atoms with E-state index in [0.717, 1.165) is 0 Å². The lowest BCUT2D eigenvalue weighted by molar-refractivity contribution is -0.155. The van der Waals surface area contributed by atoms with Gasteiger partial charge in [0.05, 0.1) is 6.04 Å². The molecule has 3 N–H and O–H groups in total. The van der Waals surface area contributed by atoms with Gasteiger partial charge in [-0.1, -0.05) is 0 Å². The predicted molar refractivity (Wildman–Crippen MR) is 170 cm³/mol. The Morgan fingerprint density at radius 1 is 0.458 bits per heavy atom. The van der Waals surface area contributed by atoms with Gasteiger partial charge in [-0.15, -0.1) is 0 Å². The number of aliphatic carboxylic acids is 1. The van der Waals surface area contributed by atoms with Gasteiger partial charge >= 0.3 is 5.97 Å². The van der Waals surface area contributed by atoms with Gasteiger partial charge in [0, 0.05) is 39.3 Å². The van der Waals surface area contributed by atoms with Crippen LogP contribution in [-0.4, -0.2) is 157 Å². The Bertz CT molecular complexity index is 1340. The van der Waals surface area contributed by atoms with Crippen LogP contribution in [0.25, 0.3) is 0 Å². The predicted octanol–water partition coefficient (Wildman–Crippen LogP) is -0.636. The van der Waals surface area contributed by atoms with Gasteiger partial charge in [0.2, 0.25) is 35.4 Å². The molecule has 0 bridgehead atoms. The van der Waals surface area contributed by atoms with Crippen LogP contribution in [0.15, 0.2) is 0 Å². The van der Waals surface area contributed by atoms with Gasteiger partial charge < -0.3 is 40.2 Å². The molecule has 15 heteroatoms. The molecule has 0 aromatic carbocycles. The summed E-state index contributed by atoms with van der Waals surface area (Å²) in [4.78, 5) is 103. The van der Waals surface area contributed by atoms with Gasteiger partial charge in [-0.25, -0.2) is 4.79 Å². The molecule has 7 atom stereocenters. The smallest absolute Gasteiger partial charge is 0.326 e. The molecular weight excluding hydrogens is 622 g/mol. The summed E-state index contributed by atoms with van der Waals surface area (Å²) in [5, 5.41) is 9.61. The zero-order valence-corrected chi connectivity index (χ0v) is 27.8. The minimum Gasteiger partial charge on any atom is -0.480 e. The normalized spacial score (nSPS) is 31.2. The van der Waals surface area contributed by atoms with Crippen LogP contribution in [0.5, 0.6) is 0 Å². The molecule has 0 aliphatic carbocycles. The summed E-state index contributed by atoms with van der Waals surface area (Å²) in [5.41, 5.74) is 5.84. The third kappa shape index (κ3) is 6.14. The van der Waals surface area contributed by atoms with Crippen molar-refractivity contribution in [1.82, 2.24) is 29.4 Å². The maximum atomic E-state index is 14.1. The van der Waals surface area contributed by atoms with Gasteiger partial charge in [-0.05, 0) is 84.0 Å². The zero-order valence-electron chi connectivity index (χ0n) is 27.8.